The van der Waals surface area contributed by atoms with Crippen LogP contribution in [0.1, 0.15) is 142 Å². The molecule has 0 saturated heterocycles. The normalized spacial score (nSPS) is 11.4. The summed E-state index contributed by atoms with van der Waals surface area (Å²) in [6.07, 6.45) is 23.6. The van der Waals surface area contributed by atoms with Gasteiger partial charge in [-0.05, 0) is 38.5 Å². The van der Waals surface area contributed by atoms with E-state index in [9.17, 15) is 4.79 Å². The fourth-order valence-electron chi connectivity index (χ4n) is 3.98. The third-order valence-electron chi connectivity index (χ3n) is 5.96. The van der Waals surface area contributed by atoms with Crippen LogP contribution in [0.25, 0.3) is 0 Å². The Kier molecular flexibility index (Phi) is 25.1. The van der Waals surface area contributed by atoms with E-state index in [2.05, 4.69) is 13.8 Å². The predicted octanol–water partition coefficient (Wildman–Crippen LogP) is 7.75. The fraction of sp³-hybridized carbons (Fsp3) is 0.963. The molecule has 0 heterocycles. The molecular formula is C27H54O4. The average molecular weight is 443 g/mol. The van der Waals surface area contributed by atoms with Gasteiger partial charge in [-0.2, -0.15) is 0 Å². The van der Waals surface area contributed by atoms with Crippen LogP contribution in [-0.2, 0) is 14.3 Å². The Morgan fingerprint density at radius 3 is 1.68 bits per heavy atom. The molecule has 0 atom stereocenters. The maximum Gasteiger partial charge on any atom is 0.306 e. The van der Waals surface area contributed by atoms with Crippen molar-refractivity contribution in [2.75, 3.05) is 19.8 Å². The van der Waals surface area contributed by atoms with E-state index in [0.29, 0.717) is 13.0 Å². The second kappa shape index (κ2) is 25.6. The van der Waals surface area contributed by atoms with Crippen LogP contribution < -0.4 is 0 Å². The summed E-state index contributed by atoms with van der Waals surface area (Å²) < 4.78 is 11.2. The Hall–Kier alpha value is -0.610. The highest BCUT2D eigenvalue weighted by Gasteiger charge is 2.14. The van der Waals surface area contributed by atoms with Gasteiger partial charge in [-0.25, -0.2) is 0 Å². The molecule has 1 N–H and O–H groups in total. The molecule has 31 heavy (non-hydrogen) atoms. The van der Waals surface area contributed by atoms with Gasteiger partial charge in [-0.15, -0.1) is 0 Å². The number of carbonyl (C=O) groups is 1. The minimum Gasteiger partial charge on any atom is -0.462 e. The topological polar surface area (TPSA) is 55.8 Å². The third kappa shape index (κ3) is 23.9. The Bertz CT molecular complexity index is 343. The first-order valence-electron chi connectivity index (χ1n) is 13.6. The molecule has 0 rings (SSSR count). The van der Waals surface area contributed by atoms with E-state index in [1.54, 1.807) is 0 Å². The van der Waals surface area contributed by atoms with Gasteiger partial charge in [0.25, 0.3) is 0 Å². The van der Waals surface area contributed by atoms with Gasteiger partial charge in [0.05, 0.1) is 13.2 Å². The highest BCUT2D eigenvalue weighted by atomic mass is 16.5. The standard InChI is InChI=1S/C27H54O4/c1-3-5-7-9-12-16-20-26(21-17-13-10-8-6-4-2)31-27(29)22-18-14-11-15-19-24-30-25-23-28/h26,28H,3-25H2,1-2H3. The molecule has 4 nitrogen and oxygen atoms in total. The summed E-state index contributed by atoms with van der Waals surface area (Å²) in [4.78, 5) is 12.3. The van der Waals surface area contributed by atoms with E-state index >= 15 is 0 Å². The van der Waals surface area contributed by atoms with Crippen molar-refractivity contribution in [3.05, 3.63) is 0 Å². The van der Waals surface area contributed by atoms with Gasteiger partial charge in [0.1, 0.15) is 6.10 Å². The molecule has 0 saturated carbocycles. The van der Waals surface area contributed by atoms with Gasteiger partial charge in [-0.3, -0.25) is 4.79 Å². The lowest BCUT2D eigenvalue weighted by Crippen LogP contribution is -2.18. The summed E-state index contributed by atoms with van der Waals surface area (Å²) in [6.45, 7) is 5.76. The molecular weight excluding hydrogens is 388 g/mol. The number of hydrogen-bond acceptors (Lipinski definition) is 4. The van der Waals surface area contributed by atoms with Gasteiger partial charge in [0.15, 0.2) is 0 Å². The second-order valence-corrected chi connectivity index (χ2v) is 9.08. The lowest BCUT2D eigenvalue weighted by atomic mass is 10.0. The molecule has 0 amide bonds. The van der Waals surface area contributed by atoms with Crippen molar-refractivity contribution in [1.29, 1.82) is 0 Å². The van der Waals surface area contributed by atoms with E-state index in [-0.39, 0.29) is 18.7 Å². The first-order chi connectivity index (χ1) is 15.2. The van der Waals surface area contributed by atoms with Crippen molar-refractivity contribution in [2.45, 2.75) is 148 Å². The minimum atomic E-state index is 0.00763. The van der Waals surface area contributed by atoms with Crippen molar-refractivity contribution in [3.63, 3.8) is 0 Å². The van der Waals surface area contributed by atoms with Gasteiger partial charge in [0, 0.05) is 13.0 Å². The van der Waals surface area contributed by atoms with Crippen molar-refractivity contribution in [1.82, 2.24) is 0 Å². The summed E-state index contributed by atoms with van der Waals surface area (Å²) in [6, 6.07) is 0. The largest absolute Gasteiger partial charge is 0.462 e. The summed E-state index contributed by atoms with van der Waals surface area (Å²) in [5.41, 5.74) is 0. The summed E-state index contributed by atoms with van der Waals surface area (Å²) in [5.74, 6) is 0.00763. The number of aliphatic hydroxyl groups is 1. The Labute approximate surface area is 193 Å². The fourth-order valence-corrected chi connectivity index (χ4v) is 3.98. The van der Waals surface area contributed by atoms with Crippen LogP contribution in [-0.4, -0.2) is 37.0 Å². The maximum atomic E-state index is 12.3. The van der Waals surface area contributed by atoms with Crippen molar-refractivity contribution in [3.8, 4) is 0 Å². The highest BCUT2D eigenvalue weighted by molar-refractivity contribution is 5.69. The number of ether oxygens (including phenoxy) is 2. The number of rotatable bonds is 25. The van der Waals surface area contributed by atoms with Crippen LogP contribution in [0.15, 0.2) is 0 Å². The second-order valence-electron chi connectivity index (χ2n) is 9.08. The molecule has 0 aliphatic heterocycles. The van der Waals surface area contributed by atoms with Crippen LogP contribution in [0.2, 0.25) is 0 Å². The molecule has 186 valence electrons. The first-order valence-corrected chi connectivity index (χ1v) is 13.6. The summed E-state index contributed by atoms with van der Waals surface area (Å²) in [5, 5.41) is 8.67. The van der Waals surface area contributed by atoms with Crippen LogP contribution in [0.3, 0.4) is 0 Å². The molecule has 0 aromatic carbocycles. The summed E-state index contributed by atoms with van der Waals surface area (Å²) in [7, 11) is 0. The zero-order chi connectivity index (χ0) is 22.8. The third-order valence-corrected chi connectivity index (χ3v) is 5.96. The zero-order valence-electron chi connectivity index (χ0n) is 21.0. The van der Waals surface area contributed by atoms with Gasteiger partial charge in [0.2, 0.25) is 0 Å². The van der Waals surface area contributed by atoms with Crippen LogP contribution in [0.5, 0.6) is 0 Å². The van der Waals surface area contributed by atoms with E-state index in [1.165, 1.54) is 77.0 Å². The van der Waals surface area contributed by atoms with Gasteiger partial charge in [-0.1, -0.05) is 97.3 Å². The Morgan fingerprint density at radius 2 is 1.13 bits per heavy atom. The number of esters is 1. The predicted molar refractivity (Wildman–Crippen MR) is 131 cm³/mol. The summed E-state index contributed by atoms with van der Waals surface area (Å²) >= 11 is 0. The molecule has 0 aromatic rings. The number of carbonyl (C=O) groups excluding carboxylic acids is 1. The van der Waals surface area contributed by atoms with Gasteiger partial charge < -0.3 is 14.6 Å². The smallest absolute Gasteiger partial charge is 0.306 e. The Morgan fingerprint density at radius 1 is 0.645 bits per heavy atom. The molecule has 0 aliphatic carbocycles. The Balaban J connectivity index is 3.94. The quantitative estimate of drug-likeness (QED) is 0.116. The molecule has 0 bridgehead atoms. The molecule has 0 unspecified atom stereocenters. The lowest BCUT2D eigenvalue weighted by Gasteiger charge is -2.18. The average Bonchev–Trinajstić information content (AvgIpc) is 2.77. The molecule has 4 heteroatoms. The van der Waals surface area contributed by atoms with E-state index in [0.717, 1.165) is 51.6 Å². The number of aliphatic hydroxyl groups excluding tert-OH is 1. The molecule has 0 aliphatic rings. The van der Waals surface area contributed by atoms with Crippen LogP contribution in [0.4, 0.5) is 0 Å². The van der Waals surface area contributed by atoms with Crippen molar-refractivity contribution in [2.24, 2.45) is 0 Å². The lowest BCUT2D eigenvalue weighted by molar-refractivity contribution is -0.150. The number of unbranched alkanes of at least 4 members (excludes halogenated alkanes) is 14. The first kappa shape index (κ1) is 30.4. The molecule has 0 aromatic heterocycles. The van der Waals surface area contributed by atoms with Crippen LogP contribution in [0, 0.1) is 0 Å². The van der Waals surface area contributed by atoms with Crippen molar-refractivity contribution >= 4 is 5.97 Å². The zero-order valence-corrected chi connectivity index (χ0v) is 21.0. The van der Waals surface area contributed by atoms with E-state index < -0.39 is 0 Å². The van der Waals surface area contributed by atoms with E-state index in [1.807, 2.05) is 0 Å². The van der Waals surface area contributed by atoms with Crippen LogP contribution >= 0.6 is 0 Å². The minimum absolute atomic E-state index is 0.00763. The highest BCUT2D eigenvalue weighted by Crippen LogP contribution is 2.18. The molecule has 0 fully saturated rings. The monoisotopic (exact) mass is 442 g/mol. The SMILES string of the molecule is CCCCCCCCC(CCCCCCCC)OC(=O)CCCCCCCOCCO. The van der Waals surface area contributed by atoms with E-state index in [4.69, 9.17) is 14.6 Å². The molecule has 0 spiro atoms. The molecule has 0 radical (unpaired) electrons. The van der Waals surface area contributed by atoms with Crippen molar-refractivity contribution < 1.29 is 19.4 Å². The van der Waals surface area contributed by atoms with Gasteiger partial charge >= 0.3 is 5.97 Å². The maximum absolute atomic E-state index is 12.3. The number of hydrogen-bond donors (Lipinski definition) is 1.